The highest BCUT2D eigenvalue weighted by atomic mass is 16.2. The largest absolute Gasteiger partial charge is 0.339 e. The molecule has 0 spiro atoms. The van der Waals surface area contributed by atoms with Gasteiger partial charge in [-0.05, 0) is 25.0 Å². The summed E-state index contributed by atoms with van der Waals surface area (Å²) in [5, 5.41) is 2.79. The van der Waals surface area contributed by atoms with Crippen LogP contribution in [-0.4, -0.2) is 39.3 Å². The number of hydrogen-bond acceptors (Lipinski definition) is 3. The van der Waals surface area contributed by atoms with Crippen molar-refractivity contribution in [1.82, 2.24) is 14.9 Å². The molecule has 2 N–H and O–H groups in total. The number of likely N-dealkylation sites (tertiary alicyclic amines) is 1. The van der Waals surface area contributed by atoms with Crippen molar-refractivity contribution in [3.63, 3.8) is 0 Å². The molecule has 6 nitrogen and oxygen atoms in total. The van der Waals surface area contributed by atoms with Crippen LogP contribution in [-0.2, 0) is 9.59 Å². The molecule has 0 bridgehead atoms. The van der Waals surface area contributed by atoms with Gasteiger partial charge in [-0.3, -0.25) is 14.9 Å². The summed E-state index contributed by atoms with van der Waals surface area (Å²) in [6.45, 7) is 0.537. The van der Waals surface area contributed by atoms with Crippen LogP contribution in [0.3, 0.4) is 0 Å². The molecule has 0 radical (unpaired) electrons. The Labute approximate surface area is 121 Å². The van der Waals surface area contributed by atoms with Crippen molar-refractivity contribution >= 4 is 28.8 Å². The monoisotopic (exact) mass is 284 g/mol. The molecule has 21 heavy (non-hydrogen) atoms. The van der Waals surface area contributed by atoms with Crippen LogP contribution in [0.1, 0.15) is 19.3 Å². The lowest BCUT2D eigenvalue weighted by Crippen LogP contribution is -2.30. The van der Waals surface area contributed by atoms with E-state index in [1.807, 2.05) is 29.2 Å². The van der Waals surface area contributed by atoms with Crippen LogP contribution in [0.5, 0.6) is 0 Å². The maximum atomic E-state index is 12.3. The van der Waals surface area contributed by atoms with Gasteiger partial charge in [-0.25, -0.2) is 4.98 Å². The molecular formula is C15H16N4O2. The molecule has 2 heterocycles. The van der Waals surface area contributed by atoms with Gasteiger partial charge in [0.2, 0.25) is 17.8 Å². The molecule has 4 rings (SSSR count). The minimum Gasteiger partial charge on any atom is -0.339 e. The van der Waals surface area contributed by atoms with Crippen LogP contribution >= 0.6 is 0 Å². The van der Waals surface area contributed by atoms with E-state index in [0.29, 0.717) is 25.0 Å². The smallest absolute Gasteiger partial charge is 0.232 e. The lowest BCUT2D eigenvalue weighted by Gasteiger charge is -2.14. The van der Waals surface area contributed by atoms with E-state index in [0.717, 1.165) is 23.9 Å². The van der Waals surface area contributed by atoms with Crippen molar-refractivity contribution in [1.29, 1.82) is 0 Å². The van der Waals surface area contributed by atoms with Gasteiger partial charge in [0.05, 0.1) is 17.0 Å². The molecule has 1 aliphatic heterocycles. The van der Waals surface area contributed by atoms with Crippen LogP contribution in [0.4, 0.5) is 5.95 Å². The molecule has 1 saturated carbocycles. The molecule has 2 aliphatic rings. The molecule has 2 aromatic rings. The summed E-state index contributed by atoms with van der Waals surface area (Å²) in [5.74, 6) is 0.137. The Morgan fingerprint density at radius 2 is 2.14 bits per heavy atom. The predicted molar refractivity (Wildman–Crippen MR) is 77.6 cm³/mol. The number of hydrogen-bond donors (Lipinski definition) is 2. The number of aromatic nitrogens is 2. The van der Waals surface area contributed by atoms with Crippen LogP contribution < -0.4 is 5.32 Å². The second-order valence-corrected chi connectivity index (χ2v) is 5.77. The fourth-order valence-electron chi connectivity index (χ4n) is 2.88. The summed E-state index contributed by atoms with van der Waals surface area (Å²) < 4.78 is 0. The average molecular weight is 284 g/mol. The number of H-pyrrole nitrogens is 1. The van der Waals surface area contributed by atoms with E-state index in [9.17, 15) is 9.59 Å². The Hall–Kier alpha value is -2.37. The lowest BCUT2D eigenvalue weighted by atomic mass is 10.1. The van der Waals surface area contributed by atoms with Crippen LogP contribution in [0, 0.1) is 5.92 Å². The van der Waals surface area contributed by atoms with Gasteiger partial charge in [-0.2, -0.15) is 0 Å². The van der Waals surface area contributed by atoms with Crippen molar-refractivity contribution in [2.75, 3.05) is 11.9 Å². The second-order valence-electron chi connectivity index (χ2n) is 5.77. The van der Waals surface area contributed by atoms with Gasteiger partial charge in [0.25, 0.3) is 0 Å². The first kappa shape index (κ1) is 12.4. The van der Waals surface area contributed by atoms with Crippen molar-refractivity contribution in [3.8, 4) is 0 Å². The van der Waals surface area contributed by atoms with Crippen molar-refractivity contribution in [2.24, 2.45) is 5.92 Å². The number of benzene rings is 1. The quantitative estimate of drug-likeness (QED) is 0.896. The van der Waals surface area contributed by atoms with Crippen LogP contribution in [0.15, 0.2) is 24.3 Å². The number of nitrogens with one attached hydrogen (secondary N) is 2. The van der Waals surface area contributed by atoms with Gasteiger partial charge in [-0.1, -0.05) is 12.1 Å². The molecule has 108 valence electrons. The number of fused-ring (bicyclic) bond motifs is 1. The van der Waals surface area contributed by atoms with Gasteiger partial charge in [-0.15, -0.1) is 0 Å². The van der Waals surface area contributed by atoms with Crippen molar-refractivity contribution < 1.29 is 9.59 Å². The minimum atomic E-state index is -0.272. The standard InChI is InChI=1S/C15H16N4O2/c20-13-7-9(8-19(13)10-5-6-10)14(21)18-15-16-11-3-1-2-4-12(11)17-15/h1-4,9-10H,5-8H2,(H2,16,17,18,21). The number of imidazole rings is 1. The van der Waals surface area contributed by atoms with E-state index in [4.69, 9.17) is 0 Å². The third-order valence-corrected chi connectivity index (χ3v) is 4.15. The number of para-hydroxylation sites is 2. The molecule has 1 unspecified atom stereocenters. The normalized spacial score (nSPS) is 22.0. The zero-order valence-electron chi connectivity index (χ0n) is 11.5. The number of amides is 2. The second kappa shape index (κ2) is 4.58. The van der Waals surface area contributed by atoms with Crippen LogP contribution in [0.25, 0.3) is 11.0 Å². The lowest BCUT2D eigenvalue weighted by molar-refractivity contribution is -0.128. The van der Waals surface area contributed by atoms with E-state index in [2.05, 4.69) is 15.3 Å². The summed E-state index contributed by atoms with van der Waals surface area (Å²) in [5.41, 5.74) is 1.70. The Morgan fingerprint density at radius 3 is 2.90 bits per heavy atom. The van der Waals surface area contributed by atoms with Gasteiger partial charge in [0, 0.05) is 19.0 Å². The van der Waals surface area contributed by atoms with Gasteiger partial charge in [0.1, 0.15) is 0 Å². The highest BCUT2D eigenvalue weighted by Crippen LogP contribution is 2.32. The Kier molecular flexibility index (Phi) is 2.70. The third-order valence-electron chi connectivity index (χ3n) is 4.15. The van der Waals surface area contributed by atoms with Gasteiger partial charge < -0.3 is 9.88 Å². The highest BCUT2D eigenvalue weighted by molar-refractivity contribution is 5.97. The van der Waals surface area contributed by atoms with E-state index in [1.165, 1.54) is 0 Å². The fraction of sp³-hybridized carbons (Fsp3) is 0.400. The molecule has 6 heteroatoms. The minimum absolute atomic E-state index is 0.0993. The molecule has 1 aromatic carbocycles. The maximum absolute atomic E-state index is 12.3. The number of carbonyl (C=O) groups is 2. The summed E-state index contributed by atoms with van der Waals surface area (Å²) >= 11 is 0. The predicted octanol–water partition coefficient (Wildman–Crippen LogP) is 1.51. The van der Waals surface area contributed by atoms with Gasteiger partial charge >= 0.3 is 0 Å². The fourth-order valence-corrected chi connectivity index (χ4v) is 2.88. The summed E-state index contributed by atoms with van der Waals surface area (Å²) in [6, 6.07) is 7.98. The molecule has 1 aliphatic carbocycles. The summed E-state index contributed by atoms with van der Waals surface area (Å²) in [6.07, 6.45) is 2.45. The summed E-state index contributed by atoms with van der Waals surface area (Å²) in [7, 11) is 0. The van der Waals surface area contributed by atoms with E-state index >= 15 is 0 Å². The Balaban J connectivity index is 1.47. The van der Waals surface area contributed by atoms with E-state index < -0.39 is 0 Å². The zero-order valence-corrected chi connectivity index (χ0v) is 11.5. The highest BCUT2D eigenvalue weighted by Gasteiger charge is 2.41. The van der Waals surface area contributed by atoms with E-state index in [1.54, 1.807) is 0 Å². The number of anilines is 1. The SMILES string of the molecule is O=C(Nc1nc2ccccc2[nH]1)C1CC(=O)N(C2CC2)C1. The first-order valence-electron chi connectivity index (χ1n) is 7.26. The van der Waals surface area contributed by atoms with Crippen molar-refractivity contribution in [2.45, 2.75) is 25.3 Å². The molecule has 1 aromatic heterocycles. The molecule has 1 atom stereocenters. The van der Waals surface area contributed by atoms with Crippen LogP contribution in [0.2, 0.25) is 0 Å². The maximum Gasteiger partial charge on any atom is 0.232 e. The molecule has 2 amide bonds. The number of rotatable bonds is 3. The number of nitrogens with zero attached hydrogens (tertiary/aromatic N) is 2. The first-order valence-corrected chi connectivity index (χ1v) is 7.26. The Bertz CT molecular complexity index is 686. The summed E-state index contributed by atoms with van der Waals surface area (Å²) in [4.78, 5) is 33.4. The number of carbonyl (C=O) groups excluding carboxylic acids is 2. The average Bonchev–Trinajstić information content (AvgIpc) is 3.11. The molecule has 2 fully saturated rings. The number of aromatic amines is 1. The third kappa shape index (κ3) is 2.26. The topological polar surface area (TPSA) is 78.1 Å². The van der Waals surface area contributed by atoms with Crippen molar-refractivity contribution in [3.05, 3.63) is 24.3 Å². The zero-order chi connectivity index (χ0) is 14.4. The Morgan fingerprint density at radius 1 is 1.33 bits per heavy atom. The first-order chi connectivity index (χ1) is 10.2. The molecule has 1 saturated heterocycles. The van der Waals surface area contributed by atoms with E-state index in [-0.39, 0.29) is 17.7 Å². The molecular weight excluding hydrogens is 268 g/mol. The van der Waals surface area contributed by atoms with Gasteiger partial charge in [0.15, 0.2) is 0 Å².